The van der Waals surface area contributed by atoms with Crippen molar-refractivity contribution in [1.82, 2.24) is 10.2 Å². The molecule has 1 aromatic carbocycles. The molecule has 0 saturated carbocycles. The van der Waals surface area contributed by atoms with Crippen molar-refractivity contribution in [2.75, 3.05) is 30.0 Å². The van der Waals surface area contributed by atoms with E-state index in [9.17, 15) is 4.79 Å². The summed E-state index contributed by atoms with van der Waals surface area (Å²) < 4.78 is 5.45. The van der Waals surface area contributed by atoms with E-state index in [-0.39, 0.29) is 5.91 Å². The highest BCUT2D eigenvalue weighted by Gasteiger charge is 2.19. The van der Waals surface area contributed by atoms with E-state index in [1.165, 1.54) is 6.20 Å². The lowest BCUT2D eigenvalue weighted by Crippen LogP contribution is -2.43. The molecule has 1 fully saturated rings. The lowest BCUT2D eigenvalue weighted by Gasteiger charge is -2.35. The van der Waals surface area contributed by atoms with Crippen molar-refractivity contribution in [2.45, 2.75) is 19.9 Å². The third-order valence-electron chi connectivity index (χ3n) is 3.90. The summed E-state index contributed by atoms with van der Waals surface area (Å²) in [5.74, 6) is -0.154. The summed E-state index contributed by atoms with van der Waals surface area (Å²) in [6.45, 7) is 6.36. The van der Waals surface area contributed by atoms with Gasteiger partial charge in [-0.05, 0) is 38.1 Å². The minimum absolute atomic E-state index is 0.154. The van der Waals surface area contributed by atoms with Crippen molar-refractivity contribution in [1.29, 1.82) is 0 Å². The third-order valence-corrected chi connectivity index (χ3v) is 3.90. The van der Waals surface area contributed by atoms with Gasteiger partial charge < -0.3 is 15.0 Å². The number of anilines is 2. The average Bonchev–Trinajstić information content (AvgIpc) is 2.95. The van der Waals surface area contributed by atoms with Gasteiger partial charge in [-0.3, -0.25) is 9.89 Å². The predicted octanol–water partition coefficient (Wildman–Crippen LogP) is 2.20. The zero-order chi connectivity index (χ0) is 15.5. The molecule has 1 atom stereocenters. The number of benzene rings is 1. The summed E-state index contributed by atoms with van der Waals surface area (Å²) in [4.78, 5) is 14.5. The zero-order valence-corrected chi connectivity index (χ0v) is 12.8. The summed E-state index contributed by atoms with van der Waals surface area (Å²) in [5, 5.41) is 9.51. The molecule has 116 valence electrons. The molecule has 0 bridgehead atoms. The molecule has 1 aliphatic rings. The van der Waals surface area contributed by atoms with Crippen molar-refractivity contribution in [2.24, 2.45) is 0 Å². The van der Waals surface area contributed by atoms with Gasteiger partial charge in [0.05, 0.1) is 25.0 Å². The number of morpholine rings is 1. The van der Waals surface area contributed by atoms with Crippen molar-refractivity contribution in [3.63, 3.8) is 0 Å². The molecule has 1 aliphatic heterocycles. The van der Waals surface area contributed by atoms with Gasteiger partial charge in [0, 0.05) is 29.7 Å². The van der Waals surface area contributed by atoms with Crippen molar-refractivity contribution in [3.05, 3.63) is 41.7 Å². The highest BCUT2D eigenvalue weighted by atomic mass is 16.5. The highest BCUT2D eigenvalue weighted by Crippen LogP contribution is 2.22. The van der Waals surface area contributed by atoms with E-state index in [0.717, 1.165) is 36.8 Å². The number of nitrogens with zero attached hydrogens (tertiary/aromatic N) is 2. The standard InChI is InChI=1S/C16H20N4O2/c1-11-10-22-8-7-20(11)14-5-3-13(4-6-14)18-16(21)15-9-17-19-12(15)2/h3-6,9,11H,7-8,10H2,1-2H3,(H,17,19)(H,18,21)/t11-/m0/s1. The number of H-pyrrole nitrogens is 1. The highest BCUT2D eigenvalue weighted by molar-refractivity contribution is 6.04. The van der Waals surface area contributed by atoms with Crippen LogP contribution in [0.15, 0.2) is 30.5 Å². The number of rotatable bonds is 3. The van der Waals surface area contributed by atoms with Gasteiger partial charge in [-0.1, -0.05) is 0 Å². The molecule has 6 nitrogen and oxygen atoms in total. The molecule has 0 spiro atoms. The summed E-state index contributed by atoms with van der Waals surface area (Å²) >= 11 is 0. The number of hydrogen-bond acceptors (Lipinski definition) is 4. The minimum atomic E-state index is -0.154. The van der Waals surface area contributed by atoms with Crippen LogP contribution in [-0.4, -0.2) is 41.9 Å². The molecule has 6 heteroatoms. The van der Waals surface area contributed by atoms with Gasteiger partial charge in [0.15, 0.2) is 0 Å². The first-order valence-corrected chi connectivity index (χ1v) is 7.41. The van der Waals surface area contributed by atoms with Gasteiger partial charge in [-0.15, -0.1) is 0 Å². The summed E-state index contributed by atoms with van der Waals surface area (Å²) in [5.41, 5.74) is 3.24. The second-order valence-corrected chi connectivity index (χ2v) is 5.53. The average molecular weight is 300 g/mol. The van der Waals surface area contributed by atoms with E-state index in [4.69, 9.17) is 4.74 Å². The number of aromatic nitrogens is 2. The molecular formula is C16H20N4O2. The predicted molar refractivity (Wildman–Crippen MR) is 85.3 cm³/mol. The number of hydrogen-bond donors (Lipinski definition) is 2. The van der Waals surface area contributed by atoms with Crippen LogP contribution in [0.3, 0.4) is 0 Å². The Kier molecular flexibility index (Phi) is 4.11. The normalized spacial score (nSPS) is 18.3. The Morgan fingerprint density at radius 3 is 2.82 bits per heavy atom. The fourth-order valence-corrected chi connectivity index (χ4v) is 2.63. The Bertz CT molecular complexity index is 650. The number of ether oxygens (including phenoxy) is 1. The quantitative estimate of drug-likeness (QED) is 0.911. The Balaban J connectivity index is 1.69. The van der Waals surface area contributed by atoms with Crippen LogP contribution in [0.25, 0.3) is 0 Å². The van der Waals surface area contributed by atoms with E-state index in [2.05, 4.69) is 27.3 Å². The van der Waals surface area contributed by atoms with E-state index in [1.54, 1.807) is 0 Å². The second kappa shape index (κ2) is 6.19. The summed E-state index contributed by atoms with van der Waals surface area (Å²) in [6, 6.07) is 8.26. The van der Waals surface area contributed by atoms with Gasteiger partial charge in [0.1, 0.15) is 0 Å². The van der Waals surface area contributed by atoms with Crippen LogP contribution in [-0.2, 0) is 4.74 Å². The minimum Gasteiger partial charge on any atom is -0.377 e. The molecule has 2 heterocycles. The monoisotopic (exact) mass is 300 g/mol. The molecule has 0 aliphatic carbocycles. The summed E-state index contributed by atoms with van der Waals surface area (Å²) in [6.07, 6.45) is 1.54. The SMILES string of the molecule is Cc1[nH]ncc1C(=O)Nc1ccc(N2CCOC[C@@H]2C)cc1. The van der Waals surface area contributed by atoms with Gasteiger partial charge in [0.2, 0.25) is 0 Å². The molecule has 1 aromatic heterocycles. The van der Waals surface area contributed by atoms with Gasteiger partial charge >= 0.3 is 0 Å². The molecule has 2 aromatic rings. The van der Waals surface area contributed by atoms with Crippen LogP contribution in [0.1, 0.15) is 23.0 Å². The first-order chi connectivity index (χ1) is 10.6. The van der Waals surface area contributed by atoms with Crippen LogP contribution in [0.4, 0.5) is 11.4 Å². The Hall–Kier alpha value is -2.34. The molecule has 0 unspecified atom stereocenters. The number of aryl methyl sites for hydroxylation is 1. The first kappa shape index (κ1) is 14.6. The zero-order valence-electron chi connectivity index (χ0n) is 12.8. The molecule has 2 N–H and O–H groups in total. The van der Waals surface area contributed by atoms with Crippen molar-refractivity contribution < 1.29 is 9.53 Å². The number of amides is 1. The maximum Gasteiger partial charge on any atom is 0.259 e. The molecule has 3 rings (SSSR count). The number of carbonyl (C=O) groups excluding carboxylic acids is 1. The Morgan fingerprint density at radius 2 is 2.18 bits per heavy atom. The molecular weight excluding hydrogens is 280 g/mol. The van der Waals surface area contributed by atoms with E-state index >= 15 is 0 Å². The van der Waals surface area contributed by atoms with Crippen LogP contribution in [0, 0.1) is 6.92 Å². The fraction of sp³-hybridized carbons (Fsp3) is 0.375. The Labute approximate surface area is 129 Å². The maximum atomic E-state index is 12.1. The van der Waals surface area contributed by atoms with Gasteiger partial charge in [0.25, 0.3) is 5.91 Å². The van der Waals surface area contributed by atoms with E-state index in [0.29, 0.717) is 11.6 Å². The van der Waals surface area contributed by atoms with Crippen LogP contribution >= 0.6 is 0 Å². The number of aromatic amines is 1. The van der Waals surface area contributed by atoms with Crippen molar-refractivity contribution >= 4 is 17.3 Å². The number of carbonyl (C=O) groups is 1. The molecule has 1 amide bonds. The lowest BCUT2D eigenvalue weighted by atomic mass is 10.2. The second-order valence-electron chi connectivity index (χ2n) is 5.53. The Morgan fingerprint density at radius 1 is 1.41 bits per heavy atom. The fourth-order valence-electron chi connectivity index (χ4n) is 2.63. The molecule has 22 heavy (non-hydrogen) atoms. The smallest absolute Gasteiger partial charge is 0.259 e. The largest absolute Gasteiger partial charge is 0.377 e. The summed E-state index contributed by atoms with van der Waals surface area (Å²) in [7, 11) is 0. The third kappa shape index (κ3) is 2.96. The number of nitrogens with one attached hydrogen (secondary N) is 2. The van der Waals surface area contributed by atoms with Gasteiger partial charge in [-0.2, -0.15) is 5.10 Å². The van der Waals surface area contributed by atoms with Crippen LogP contribution in [0.2, 0.25) is 0 Å². The molecule has 1 saturated heterocycles. The topological polar surface area (TPSA) is 70.2 Å². The van der Waals surface area contributed by atoms with Crippen molar-refractivity contribution in [3.8, 4) is 0 Å². The van der Waals surface area contributed by atoms with Crippen LogP contribution < -0.4 is 10.2 Å². The maximum absolute atomic E-state index is 12.1. The van der Waals surface area contributed by atoms with E-state index < -0.39 is 0 Å². The molecule has 0 radical (unpaired) electrons. The first-order valence-electron chi connectivity index (χ1n) is 7.41. The lowest BCUT2D eigenvalue weighted by molar-refractivity contribution is 0.0989. The van der Waals surface area contributed by atoms with Crippen LogP contribution in [0.5, 0.6) is 0 Å². The van der Waals surface area contributed by atoms with E-state index in [1.807, 2.05) is 31.2 Å². The van der Waals surface area contributed by atoms with Gasteiger partial charge in [-0.25, -0.2) is 0 Å².